The van der Waals surface area contributed by atoms with E-state index in [1.54, 1.807) is 24.5 Å². The van der Waals surface area contributed by atoms with Crippen molar-refractivity contribution in [3.05, 3.63) is 59.4 Å². The summed E-state index contributed by atoms with van der Waals surface area (Å²) in [6, 6.07) is 9.14. The van der Waals surface area contributed by atoms with Gasteiger partial charge in [0.1, 0.15) is 0 Å². The molecular weight excluding hydrogens is 326 g/mol. The van der Waals surface area contributed by atoms with Gasteiger partial charge in [0.05, 0.1) is 12.8 Å². The first-order valence-corrected chi connectivity index (χ1v) is 9.31. The van der Waals surface area contributed by atoms with E-state index in [1.165, 1.54) is 0 Å². The predicted octanol–water partition coefficient (Wildman–Crippen LogP) is 2.10. The van der Waals surface area contributed by atoms with Crippen molar-refractivity contribution in [1.29, 1.82) is 0 Å². The third-order valence-corrected chi connectivity index (χ3v) is 4.60. The molecule has 2 rings (SSSR count). The Balaban J connectivity index is 2.10. The fraction of sp³-hybridized carbons (Fsp3) is 0.294. The molecule has 7 heteroatoms. The highest BCUT2D eigenvalue weighted by Gasteiger charge is 2.20. The number of aromatic nitrogens is 1. The van der Waals surface area contributed by atoms with E-state index in [9.17, 15) is 13.2 Å². The molecular formula is C17H21N3O3S. The second-order valence-electron chi connectivity index (χ2n) is 5.81. The Kier molecular flexibility index (Phi) is 5.69. The Bertz CT molecular complexity index is 800. The van der Waals surface area contributed by atoms with Crippen LogP contribution in [0.1, 0.15) is 16.7 Å². The first-order chi connectivity index (χ1) is 11.2. The lowest BCUT2D eigenvalue weighted by atomic mass is 10.1. The van der Waals surface area contributed by atoms with Gasteiger partial charge in [0.15, 0.2) is 0 Å². The van der Waals surface area contributed by atoms with E-state index in [1.807, 2.05) is 32.0 Å². The molecule has 6 nitrogen and oxygen atoms in total. The van der Waals surface area contributed by atoms with Crippen molar-refractivity contribution in [3.63, 3.8) is 0 Å². The minimum Gasteiger partial charge on any atom is -0.325 e. The van der Waals surface area contributed by atoms with Crippen LogP contribution in [0.2, 0.25) is 0 Å². The van der Waals surface area contributed by atoms with E-state index in [4.69, 9.17) is 0 Å². The number of pyridine rings is 1. The Morgan fingerprint density at radius 1 is 1.12 bits per heavy atom. The SMILES string of the molecule is Cc1cc(C)cc(NC(=O)CN(Cc2ccncc2)S(C)(=O)=O)c1. The van der Waals surface area contributed by atoms with Gasteiger partial charge in [-0.15, -0.1) is 0 Å². The van der Waals surface area contributed by atoms with Gasteiger partial charge < -0.3 is 5.32 Å². The number of nitrogens with zero attached hydrogens (tertiary/aromatic N) is 2. The number of hydrogen-bond donors (Lipinski definition) is 1. The van der Waals surface area contributed by atoms with E-state index in [0.29, 0.717) is 5.69 Å². The summed E-state index contributed by atoms with van der Waals surface area (Å²) < 4.78 is 25.1. The second-order valence-corrected chi connectivity index (χ2v) is 7.79. The molecule has 0 saturated heterocycles. The lowest BCUT2D eigenvalue weighted by Gasteiger charge is -2.19. The zero-order valence-electron chi connectivity index (χ0n) is 14.0. The number of anilines is 1. The highest BCUT2D eigenvalue weighted by Crippen LogP contribution is 2.14. The van der Waals surface area contributed by atoms with Gasteiger partial charge in [-0.05, 0) is 54.8 Å². The summed E-state index contributed by atoms with van der Waals surface area (Å²) in [4.78, 5) is 16.2. The number of rotatable bonds is 6. The van der Waals surface area contributed by atoms with Crippen molar-refractivity contribution in [2.24, 2.45) is 0 Å². The normalized spacial score (nSPS) is 11.5. The lowest BCUT2D eigenvalue weighted by Crippen LogP contribution is -2.36. The number of carbonyl (C=O) groups excluding carboxylic acids is 1. The molecule has 0 aliphatic carbocycles. The van der Waals surface area contributed by atoms with Crippen molar-refractivity contribution >= 4 is 21.6 Å². The minimum atomic E-state index is -3.51. The van der Waals surface area contributed by atoms with E-state index in [0.717, 1.165) is 27.3 Å². The first kappa shape index (κ1) is 18.1. The summed E-state index contributed by atoms with van der Waals surface area (Å²) in [5, 5.41) is 2.75. The van der Waals surface area contributed by atoms with Gasteiger partial charge in [0.25, 0.3) is 0 Å². The molecule has 0 radical (unpaired) electrons. The first-order valence-electron chi connectivity index (χ1n) is 7.46. The van der Waals surface area contributed by atoms with Gasteiger partial charge in [-0.3, -0.25) is 9.78 Å². The third-order valence-electron chi connectivity index (χ3n) is 3.40. The van der Waals surface area contributed by atoms with Gasteiger partial charge in [-0.25, -0.2) is 8.42 Å². The van der Waals surface area contributed by atoms with E-state index < -0.39 is 10.0 Å². The Morgan fingerprint density at radius 3 is 2.25 bits per heavy atom. The number of aryl methyl sites for hydroxylation is 2. The second kappa shape index (κ2) is 7.55. The highest BCUT2D eigenvalue weighted by molar-refractivity contribution is 7.88. The quantitative estimate of drug-likeness (QED) is 0.868. The van der Waals surface area contributed by atoms with Crippen LogP contribution in [0.5, 0.6) is 0 Å². The molecule has 0 aliphatic rings. The van der Waals surface area contributed by atoms with Gasteiger partial charge in [0.2, 0.25) is 15.9 Å². The molecule has 0 unspecified atom stereocenters. The zero-order chi connectivity index (χ0) is 17.7. The van der Waals surface area contributed by atoms with Crippen LogP contribution in [0.4, 0.5) is 5.69 Å². The number of nitrogens with one attached hydrogen (secondary N) is 1. The summed E-state index contributed by atoms with van der Waals surface area (Å²) in [7, 11) is -3.51. The van der Waals surface area contributed by atoms with Gasteiger partial charge in [-0.1, -0.05) is 6.07 Å². The van der Waals surface area contributed by atoms with Crippen LogP contribution in [0.15, 0.2) is 42.7 Å². The average molecular weight is 347 g/mol. The van der Waals surface area contributed by atoms with Crippen LogP contribution >= 0.6 is 0 Å². The molecule has 0 bridgehead atoms. The van der Waals surface area contributed by atoms with Gasteiger partial charge in [0, 0.05) is 24.6 Å². The van der Waals surface area contributed by atoms with Crippen LogP contribution in [-0.2, 0) is 21.4 Å². The van der Waals surface area contributed by atoms with Crippen LogP contribution in [0.25, 0.3) is 0 Å². The molecule has 1 aromatic heterocycles. The third kappa shape index (κ3) is 5.43. The van der Waals surface area contributed by atoms with Crippen molar-refractivity contribution < 1.29 is 13.2 Å². The van der Waals surface area contributed by atoms with Crippen LogP contribution in [0, 0.1) is 13.8 Å². The molecule has 0 saturated carbocycles. The van der Waals surface area contributed by atoms with Crippen molar-refractivity contribution in [2.45, 2.75) is 20.4 Å². The zero-order valence-corrected chi connectivity index (χ0v) is 14.8. The number of benzene rings is 1. The molecule has 0 spiro atoms. The van der Waals surface area contributed by atoms with Crippen molar-refractivity contribution in [1.82, 2.24) is 9.29 Å². The molecule has 2 aromatic rings. The fourth-order valence-electron chi connectivity index (χ4n) is 2.39. The molecule has 1 heterocycles. The fourth-order valence-corrected chi connectivity index (χ4v) is 3.13. The summed E-state index contributed by atoms with van der Waals surface area (Å²) in [5.41, 5.74) is 3.49. The summed E-state index contributed by atoms with van der Waals surface area (Å²) in [6.07, 6.45) is 4.27. The monoisotopic (exact) mass is 347 g/mol. The lowest BCUT2D eigenvalue weighted by molar-refractivity contribution is -0.116. The van der Waals surface area contributed by atoms with Crippen molar-refractivity contribution in [2.75, 3.05) is 18.1 Å². The topological polar surface area (TPSA) is 79.4 Å². The summed E-state index contributed by atoms with van der Waals surface area (Å²) in [5.74, 6) is -0.375. The van der Waals surface area contributed by atoms with Crippen molar-refractivity contribution in [3.8, 4) is 0 Å². The molecule has 0 fully saturated rings. The molecule has 0 aliphatic heterocycles. The molecule has 0 atom stereocenters. The highest BCUT2D eigenvalue weighted by atomic mass is 32.2. The molecule has 128 valence electrons. The maximum Gasteiger partial charge on any atom is 0.239 e. The Labute approximate surface area is 142 Å². The average Bonchev–Trinajstić information content (AvgIpc) is 2.45. The van der Waals surface area contributed by atoms with Crippen LogP contribution in [0.3, 0.4) is 0 Å². The maximum atomic E-state index is 12.3. The Morgan fingerprint density at radius 2 is 1.71 bits per heavy atom. The van der Waals surface area contributed by atoms with E-state index >= 15 is 0 Å². The number of amides is 1. The molecule has 1 aromatic carbocycles. The number of carbonyl (C=O) groups is 1. The minimum absolute atomic E-state index is 0.127. The maximum absolute atomic E-state index is 12.3. The summed E-state index contributed by atoms with van der Waals surface area (Å²) >= 11 is 0. The van der Waals surface area contributed by atoms with E-state index in [-0.39, 0.29) is 19.0 Å². The number of hydrogen-bond acceptors (Lipinski definition) is 4. The molecule has 1 amide bonds. The van der Waals surface area contributed by atoms with Crippen LogP contribution < -0.4 is 5.32 Å². The predicted molar refractivity (Wildman–Crippen MR) is 94.0 cm³/mol. The summed E-state index contributed by atoms with van der Waals surface area (Å²) in [6.45, 7) is 3.76. The van der Waals surface area contributed by atoms with E-state index in [2.05, 4.69) is 10.3 Å². The van der Waals surface area contributed by atoms with Gasteiger partial charge in [-0.2, -0.15) is 4.31 Å². The molecule has 1 N–H and O–H groups in total. The largest absolute Gasteiger partial charge is 0.325 e. The van der Waals surface area contributed by atoms with Gasteiger partial charge >= 0.3 is 0 Å². The van der Waals surface area contributed by atoms with Crippen LogP contribution in [-0.4, -0.2) is 36.4 Å². The smallest absolute Gasteiger partial charge is 0.239 e. The molecule has 24 heavy (non-hydrogen) atoms. The standard InChI is InChI=1S/C17H21N3O3S/c1-13-8-14(2)10-16(9-13)19-17(21)12-20(24(3,22)23)11-15-4-6-18-7-5-15/h4-10H,11-12H2,1-3H3,(H,19,21). The Hall–Kier alpha value is -2.25. The number of sulfonamides is 1.